The number of nitrogens with one attached hydrogen (secondary N) is 1. The van der Waals surface area contributed by atoms with Crippen LogP contribution in [0.3, 0.4) is 0 Å². The topological polar surface area (TPSA) is 122 Å². The van der Waals surface area contributed by atoms with Crippen molar-refractivity contribution in [1.29, 1.82) is 0 Å². The van der Waals surface area contributed by atoms with Crippen LogP contribution in [0.4, 0.5) is 5.13 Å². The van der Waals surface area contributed by atoms with E-state index in [1.807, 2.05) is 41.8 Å². The van der Waals surface area contributed by atoms with Crippen LogP contribution in [0, 0.1) is 0 Å². The number of thiazole rings is 1. The number of anilines is 1. The summed E-state index contributed by atoms with van der Waals surface area (Å²) in [6, 6.07) is 12.4. The molecule has 1 fully saturated rings. The van der Waals surface area contributed by atoms with E-state index >= 15 is 0 Å². The standard InChI is InChI=1S/C25H21N5O4S2/c1-36(33,34)20-12-19(13-27-14-20)24(32)30-10-7-22(30)23(31)29-25-28-21(15-35-25)18-4-2-3-17(11-18)16-5-8-26-9-6-16/h2-6,8-9,11-15,22H,7,10H2,1H3,(H,28,29,31). The average molecular weight is 520 g/mol. The molecule has 4 heterocycles. The summed E-state index contributed by atoms with van der Waals surface area (Å²) in [5.74, 6) is -0.777. The van der Waals surface area contributed by atoms with Gasteiger partial charge in [-0.2, -0.15) is 0 Å². The van der Waals surface area contributed by atoms with Crippen LogP contribution in [0.25, 0.3) is 22.4 Å². The number of hydrogen-bond donors (Lipinski definition) is 1. The first-order valence-corrected chi connectivity index (χ1v) is 13.8. The lowest BCUT2D eigenvalue weighted by molar-refractivity contribution is -0.123. The number of amides is 2. The van der Waals surface area contributed by atoms with Crippen LogP contribution in [0.1, 0.15) is 16.8 Å². The van der Waals surface area contributed by atoms with E-state index in [1.54, 1.807) is 12.4 Å². The van der Waals surface area contributed by atoms with Crippen LogP contribution in [0.15, 0.2) is 77.5 Å². The minimum atomic E-state index is -3.51. The smallest absolute Gasteiger partial charge is 0.256 e. The van der Waals surface area contributed by atoms with Crippen molar-refractivity contribution in [2.75, 3.05) is 18.1 Å². The number of benzene rings is 1. The number of sulfone groups is 1. The maximum absolute atomic E-state index is 12.9. The Hall–Kier alpha value is -3.96. The number of aromatic nitrogens is 3. The van der Waals surface area contributed by atoms with Crippen molar-refractivity contribution in [2.24, 2.45) is 0 Å². The third-order valence-corrected chi connectivity index (χ3v) is 7.72. The van der Waals surface area contributed by atoms with E-state index in [4.69, 9.17) is 0 Å². The van der Waals surface area contributed by atoms with Crippen molar-refractivity contribution < 1.29 is 18.0 Å². The number of likely N-dealkylation sites (tertiary alicyclic amines) is 1. The van der Waals surface area contributed by atoms with Crippen LogP contribution in [0.2, 0.25) is 0 Å². The van der Waals surface area contributed by atoms with Gasteiger partial charge in [0, 0.05) is 48.5 Å². The molecule has 11 heteroatoms. The molecule has 1 aliphatic rings. The molecule has 3 aromatic heterocycles. The monoisotopic (exact) mass is 519 g/mol. The minimum absolute atomic E-state index is 0.0433. The molecule has 182 valence electrons. The lowest BCUT2D eigenvalue weighted by atomic mass is 10.0. The quantitative estimate of drug-likeness (QED) is 0.414. The zero-order valence-electron chi connectivity index (χ0n) is 19.2. The summed E-state index contributed by atoms with van der Waals surface area (Å²) >= 11 is 1.30. The van der Waals surface area contributed by atoms with Crippen molar-refractivity contribution in [3.8, 4) is 22.4 Å². The maximum Gasteiger partial charge on any atom is 0.256 e. The van der Waals surface area contributed by atoms with Crippen LogP contribution in [-0.4, -0.2) is 58.9 Å². The first-order valence-electron chi connectivity index (χ1n) is 11.0. The first kappa shape index (κ1) is 23.8. The summed E-state index contributed by atoms with van der Waals surface area (Å²) in [5.41, 5.74) is 3.85. The third-order valence-electron chi connectivity index (χ3n) is 5.88. The Labute approximate surface area is 211 Å². The zero-order chi connectivity index (χ0) is 25.3. The van der Waals surface area contributed by atoms with Gasteiger partial charge in [0.15, 0.2) is 15.0 Å². The lowest BCUT2D eigenvalue weighted by Crippen LogP contribution is -2.56. The van der Waals surface area contributed by atoms with Gasteiger partial charge in [-0.05, 0) is 41.8 Å². The Bertz CT molecular complexity index is 1550. The van der Waals surface area contributed by atoms with Gasteiger partial charge in [0.1, 0.15) is 6.04 Å². The molecule has 1 N–H and O–H groups in total. The molecule has 9 nitrogen and oxygen atoms in total. The summed E-state index contributed by atoms with van der Waals surface area (Å²) in [7, 11) is -3.51. The van der Waals surface area contributed by atoms with Gasteiger partial charge in [-0.1, -0.05) is 18.2 Å². The highest BCUT2D eigenvalue weighted by Crippen LogP contribution is 2.30. The second kappa shape index (κ2) is 9.59. The molecule has 4 aromatic rings. The molecule has 5 rings (SSSR count). The predicted molar refractivity (Wildman–Crippen MR) is 136 cm³/mol. The fraction of sp³-hybridized carbons (Fsp3) is 0.160. The maximum atomic E-state index is 12.9. The summed E-state index contributed by atoms with van der Waals surface area (Å²) in [6.07, 6.45) is 7.53. The second-order valence-corrected chi connectivity index (χ2v) is 11.2. The average Bonchev–Trinajstić information content (AvgIpc) is 3.32. The van der Waals surface area contributed by atoms with Crippen molar-refractivity contribution in [3.05, 3.63) is 78.2 Å². The van der Waals surface area contributed by atoms with Crippen LogP contribution in [-0.2, 0) is 14.6 Å². The largest absolute Gasteiger partial charge is 0.326 e. The van der Waals surface area contributed by atoms with Crippen LogP contribution >= 0.6 is 11.3 Å². The fourth-order valence-electron chi connectivity index (χ4n) is 3.86. The van der Waals surface area contributed by atoms with E-state index < -0.39 is 21.8 Å². The molecule has 1 aromatic carbocycles. The number of hydrogen-bond acceptors (Lipinski definition) is 8. The van der Waals surface area contributed by atoms with E-state index in [-0.39, 0.29) is 16.4 Å². The Balaban J connectivity index is 1.28. The van der Waals surface area contributed by atoms with Gasteiger partial charge >= 0.3 is 0 Å². The summed E-state index contributed by atoms with van der Waals surface area (Å²) in [4.78, 5) is 39.6. The molecule has 1 saturated heterocycles. The fourth-order valence-corrected chi connectivity index (χ4v) is 5.18. The van der Waals surface area contributed by atoms with Gasteiger partial charge in [0.25, 0.3) is 5.91 Å². The van der Waals surface area contributed by atoms with Crippen LogP contribution < -0.4 is 5.32 Å². The SMILES string of the molecule is CS(=O)(=O)c1cncc(C(=O)N2CCC2C(=O)Nc2nc(-c3cccc(-c4ccncc4)c3)cs2)c1. The molecule has 1 atom stereocenters. The molecular weight excluding hydrogens is 498 g/mol. The molecule has 0 spiro atoms. The molecule has 0 radical (unpaired) electrons. The number of pyridine rings is 2. The highest BCUT2D eigenvalue weighted by atomic mass is 32.2. The predicted octanol–water partition coefficient (Wildman–Crippen LogP) is 3.52. The van der Waals surface area contributed by atoms with E-state index in [0.29, 0.717) is 18.1 Å². The van der Waals surface area contributed by atoms with E-state index in [0.717, 1.165) is 28.6 Å². The summed E-state index contributed by atoms with van der Waals surface area (Å²) < 4.78 is 23.6. The number of carbonyl (C=O) groups excluding carboxylic acids is 2. The molecule has 2 amide bonds. The molecule has 1 unspecified atom stereocenters. The first-order chi connectivity index (χ1) is 17.3. The molecule has 0 bridgehead atoms. The van der Waals surface area contributed by atoms with Crippen molar-refractivity contribution in [1.82, 2.24) is 19.9 Å². The molecule has 36 heavy (non-hydrogen) atoms. The molecular formula is C25H21N5O4S2. The zero-order valence-corrected chi connectivity index (χ0v) is 20.8. The van der Waals surface area contributed by atoms with Gasteiger partial charge in [0.2, 0.25) is 5.91 Å². The highest BCUT2D eigenvalue weighted by molar-refractivity contribution is 7.90. The van der Waals surface area contributed by atoms with Gasteiger partial charge < -0.3 is 10.2 Å². The van der Waals surface area contributed by atoms with Gasteiger partial charge in [0.05, 0.1) is 16.2 Å². The van der Waals surface area contributed by atoms with Crippen molar-refractivity contribution in [3.63, 3.8) is 0 Å². The van der Waals surface area contributed by atoms with E-state index in [1.165, 1.54) is 34.7 Å². The number of carbonyl (C=O) groups is 2. The summed E-state index contributed by atoms with van der Waals surface area (Å²) in [5, 5.41) is 5.11. The highest BCUT2D eigenvalue weighted by Gasteiger charge is 2.38. The Morgan fingerprint density at radius 1 is 1.03 bits per heavy atom. The molecule has 1 aliphatic heterocycles. The number of rotatable bonds is 6. The van der Waals surface area contributed by atoms with E-state index in [9.17, 15) is 18.0 Å². The lowest BCUT2D eigenvalue weighted by Gasteiger charge is -2.39. The van der Waals surface area contributed by atoms with Gasteiger partial charge in [-0.15, -0.1) is 11.3 Å². The van der Waals surface area contributed by atoms with Crippen molar-refractivity contribution >= 4 is 38.1 Å². The van der Waals surface area contributed by atoms with Crippen molar-refractivity contribution in [2.45, 2.75) is 17.4 Å². The Morgan fingerprint density at radius 2 is 1.81 bits per heavy atom. The minimum Gasteiger partial charge on any atom is -0.326 e. The van der Waals surface area contributed by atoms with Crippen LogP contribution in [0.5, 0.6) is 0 Å². The van der Waals surface area contributed by atoms with E-state index in [2.05, 4.69) is 20.3 Å². The molecule has 0 aliphatic carbocycles. The Kier molecular flexibility index (Phi) is 6.33. The Morgan fingerprint density at radius 3 is 2.53 bits per heavy atom. The summed E-state index contributed by atoms with van der Waals surface area (Å²) in [6.45, 7) is 0.394. The van der Waals surface area contributed by atoms with Gasteiger partial charge in [-0.3, -0.25) is 19.6 Å². The van der Waals surface area contributed by atoms with Gasteiger partial charge in [-0.25, -0.2) is 13.4 Å². The molecule has 0 saturated carbocycles. The third kappa shape index (κ3) is 4.88. The second-order valence-electron chi connectivity index (χ2n) is 8.33. The normalized spacial score (nSPS) is 15.2. The number of nitrogens with zero attached hydrogens (tertiary/aromatic N) is 4.